The van der Waals surface area contributed by atoms with E-state index in [1.54, 1.807) is 23.1 Å². The van der Waals surface area contributed by atoms with Gasteiger partial charge in [-0.05, 0) is 109 Å². The molecule has 2 atom stereocenters. The Hall–Kier alpha value is -5.00. The van der Waals surface area contributed by atoms with Gasteiger partial charge in [0.05, 0.1) is 37.4 Å². The highest BCUT2D eigenvalue weighted by Gasteiger charge is 2.43. The van der Waals surface area contributed by atoms with Crippen LogP contribution < -0.4 is 19.5 Å². The van der Waals surface area contributed by atoms with Crippen LogP contribution in [-0.4, -0.2) is 49.4 Å². The van der Waals surface area contributed by atoms with Crippen LogP contribution in [0.3, 0.4) is 0 Å². The summed E-state index contributed by atoms with van der Waals surface area (Å²) >= 11 is 6.92. The topological polar surface area (TPSA) is 88.2 Å². The number of halogens is 3. The van der Waals surface area contributed by atoms with E-state index in [-0.39, 0.29) is 25.8 Å². The number of fused-ring (bicyclic) bond motifs is 1. The van der Waals surface area contributed by atoms with Crippen molar-refractivity contribution in [3.8, 4) is 34.4 Å². The van der Waals surface area contributed by atoms with Crippen LogP contribution in [0.4, 0.5) is 14.5 Å². The number of rotatable bonds is 15. The summed E-state index contributed by atoms with van der Waals surface area (Å²) in [4.78, 5) is 17.1. The largest absolute Gasteiger partial charge is 0.493 e. The Balaban J connectivity index is 1.07. The van der Waals surface area contributed by atoms with Gasteiger partial charge in [-0.3, -0.25) is 9.69 Å². The molecule has 4 aromatic carbocycles. The third-order valence-electron chi connectivity index (χ3n) is 10.7. The van der Waals surface area contributed by atoms with Gasteiger partial charge in [-0.2, -0.15) is 5.26 Å². The van der Waals surface area contributed by atoms with Gasteiger partial charge in [0, 0.05) is 43.1 Å². The number of alkyl halides is 2. The number of Topliss-reactive ketones (excluding diaryl/α,β-unsaturated/α-hetero) is 1. The van der Waals surface area contributed by atoms with Crippen molar-refractivity contribution in [1.29, 1.82) is 5.26 Å². The number of nitrogens with one attached hydrogen (secondary N) is 1. The maximum Gasteiger partial charge on any atom is 0.272 e. The van der Waals surface area contributed by atoms with Crippen molar-refractivity contribution in [3.63, 3.8) is 0 Å². The van der Waals surface area contributed by atoms with E-state index in [9.17, 15) is 18.8 Å². The molecular weight excluding hydrogens is 722 g/mol. The zero-order valence-electron chi connectivity index (χ0n) is 30.8. The van der Waals surface area contributed by atoms with Crippen LogP contribution in [-0.2, 0) is 24.4 Å². The van der Waals surface area contributed by atoms with E-state index in [1.807, 2.05) is 37.3 Å². The highest BCUT2D eigenvalue weighted by molar-refractivity contribution is 6.32. The second-order valence-electron chi connectivity index (χ2n) is 14.8. The van der Waals surface area contributed by atoms with Crippen molar-refractivity contribution < 1.29 is 27.8 Å². The molecule has 0 aromatic heterocycles. The summed E-state index contributed by atoms with van der Waals surface area (Å²) in [6, 6.07) is 23.1. The molecule has 2 fully saturated rings. The molecular formula is C44H43ClF2N4O4. The third-order valence-corrected chi connectivity index (χ3v) is 11.0. The third kappa shape index (κ3) is 9.11. The molecule has 55 heavy (non-hydrogen) atoms. The van der Waals surface area contributed by atoms with Crippen molar-refractivity contribution in [1.82, 2.24) is 10.2 Å². The molecule has 0 bridgehead atoms. The normalized spacial score (nSPS) is 18.6. The number of carbonyl (C=O) groups is 1. The Kier molecular flexibility index (Phi) is 11.7. The van der Waals surface area contributed by atoms with Gasteiger partial charge < -0.3 is 19.5 Å². The molecule has 0 unspecified atom stereocenters. The maximum atomic E-state index is 13.2. The zero-order valence-corrected chi connectivity index (χ0v) is 31.6. The molecule has 1 saturated heterocycles. The first kappa shape index (κ1) is 38.3. The number of hydrogen-bond donors (Lipinski definition) is 1. The van der Waals surface area contributed by atoms with Gasteiger partial charge in [0.15, 0.2) is 5.69 Å². The van der Waals surface area contributed by atoms with Crippen molar-refractivity contribution in [3.05, 3.63) is 117 Å². The second kappa shape index (κ2) is 16.8. The summed E-state index contributed by atoms with van der Waals surface area (Å²) in [5, 5.41) is 13.4. The van der Waals surface area contributed by atoms with Gasteiger partial charge in [0.25, 0.3) is 5.92 Å². The number of ether oxygens (including phenoxy) is 3. The molecule has 1 saturated carbocycles. The summed E-state index contributed by atoms with van der Waals surface area (Å²) in [5.41, 5.74) is 7.80. The number of nitrogens with zero attached hydrogens (tertiary/aromatic N) is 3. The first-order valence-corrected chi connectivity index (χ1v) is 19.2. The lowest BCUT2D eigenvalue weighted by Crippen LogP contribution is -2.56. The average Bonchev–Trinajstić information content (AvgIpc) is 3.78. The highest BCUT2D eigenvalue weighted by Crippen LogP contribution is 2.44. The molecule has 1 aliphatic heterocycles. The van der Waals surface area contributed by atoms with E-state index in [1.165, 1.54) is 5.56 Å². The van der Waals surface area contributed by atoms with Gasteiger partial charge >= 0.3 is 0 Å². The maximum absolute atomic E-state index is 13.2. The number of nitriles is 1. The van der Waals surface area contributed by atoms with E-state index < -0.39 is 5.92 Å². The predicted octanol–water partition coefficient (Wildman–Crippen LogP) is 9.56. The van der Waals surface area contributed by atoms with E-state index in [0.29, 0.717) is 90.5 Å². The minimum atomic E-state index is -2.56. The monoisotopic (exact) mass is 764 g/mol. The van der Waals surface area contributed by atoms with Crippen LogP contribution in [0.15, 0.2) is 66.7 Å². The molecule has 8 nitrogen and oxygen atoms in total. The molecule has 0 spiro atoms. The van der Waals surface area contributed by atoms with Crippen molar-refractivity contribution >= 4 is 23.1 Å². The van der Waals surface area contributed by atoms with Crippen LogP contribution in [0, 0.1) is 30.7 Å². The Morgan fingerprint density at radius 3 is 2.60 bits per heavy atom. The first-order valence-electron chi connectivity index (χ1n) is 18.8. The summed E-state index contributed by atoms with van der Waals surface area (Å²) in [7, 11) is 0. The molecule has 284 valence electrons. The summed E-state index contributed by atoms with van der Waals surface area (Å²) < 4.78 is 45.6. The minimum absolute atomic E-state index is 0.137. The number of likely N-dealkylation sites (tertiary alicyclic amines) is 1. The summed E-state index contributed by atoms with van der Waals surface area (Å²) in [6.45, 7) is 11.5. The lowest BCUT2D eigenvalue weighted by Gasteiger charge is -2.38. The highest BCUT2D eigenvalue weighted by atomic mass is 35.5. The quantitative estimate of drug-likeness (QED) is 0.0953. The van der Waals surface area contributed by atoms with E-state index in [0.717, 1.165) is 52.8 Å². The van der Waals surface area contributed by atoms with Crippen LogP contribution >= 0.6 is 11.6 Å². The first-order chi connectivity index (χ1) is 26.6. The smallest absolute Gasteiger partial charge is 0.272 e. The fraction of sp³-hybridized carbons (Fsp3) is 0.386. The SMILES string of the molecule is [C-]#[N+]c1cc(C#N)cc(COc2cc(O[C@H]3CCc4c(-c5cccc(OCCCN6CC(F)(F)C6)c5C)cccc43)c(Cl)cc2CNC[C@H]2CCC(=O)C2)c1. The van der Waals surface area contributed by atoms with Crippen LogP contribution in [0.5, 0.6) is 17.2 Å². The molecule has 1 heterocycles. The molecule has 1 N–H and O–H groups in total. The van der Waals surface area contributed by atoms with Gasteiger partial charge in [-0.25, -0.2) is 13.6 Å². The predicted molar refractivity (Wildman–Crippen MR) is 207 cm³/mol. The standard InChI is InChI=1S/C44H43ClF2N4O4/c1-28-35(6-4-9-40(28)53-15-5-14-51-26-44(46,47)27-51)36-7-3-8-38-37(36)12-13-41(38)55-43-21-42(54-25-31-16-30(22-48)17-33(18-31)49-2)32(20-39(43)45)24-50-23-29-10-11-34(52)19-29/h3-4,6-9,16-18,20-21,29,41,50H,5,10-15,19,23-27H2,1H3/t29-,41-/m0/s1. The fourth-order valence-electron chi connectivity index (χ4n) is 7.91. The van der Waals surface area contributed by atoms with E-state index in [2.05, 4.69) is 34.4 Å². The molecule has 7 rings (SSSR count). The lowest BCUT2D eigenvalue weighted by atomic mass is 9.93. The van der Waals surface area contributed by atoms with E-state index >= 15 is 0 Å². The minimum Gasteiger partial charge on any atom is -0.493 e. The second-order valence-corrected chi connectivity index (χ2v) is 15.2. The fourth-order valence-corrected chi connectivity index (χ4v) is 8.14. The van der Waals surface area contributed by atoms with Crippen molar-refractivity contribution in [2.75, 3.05) is 32.8 Å². The van der Waals surface area contributed by atoms with Gasteiger partial charge in [0.2, 0.25) is 0 Å². The Morgan fingerprint density at radius 2 is 1.84 bits per heavy atom. The Morgan fingerprint density at radius 1 is 1.02 bits per heavy atom. The van der Waals surface area contributed by atoms with Crippen LogP contribution in [0.2, 0.25) is 5.02 Å². The van der Waals surface area contributed by atoms with Gasteiger partial charge in [0.1, 0.15) is 35.7 Å². The van der Waals surface area contributed by atoms with Crippen molar-refractivity contribution in [2.45, 2.75) is 70.6 Å². The summed E-state index contributed by atoms with van der Waals surface area (Å²) in [6.07, 6.45) is 4.11. The lowest BCUT2D eigenvalue weighted by molar-refractivity contribution is -0.130. The molecule has 0 radical (unpaired) electrons. The number of carbonyl (C=O) groups excluding carboxylic acids is 1. The number of benzene rings is 4. The van der Waals surface area contributed by atoms with Crippen LogP contribution in [0.25, 0.3) is 16.0 Å². The van der Waals surface area contributed by atoms with Crippen molar-refractivity contribution in [2.24, 2.45) is 5.92 Å². The Bertz CT molecular complexity index is 2120. The molecule has 4 aromatic rings. The van der Waals surface area contributed by atoms with Gasteiger partial charge in [-0.15, -0.1) is 0 Å². The molecule has 11 heteroatoms. The van der Waals surface area contributed by atoms with Gasteiger partial charge in [-0.1, -0.05) is 41.9 Å². The zero-order chi connectivity index (χ0) is 38.5. The summed E-state index contributed by atoms with van der Waals surface area (Å²) in [5.74, 6) is -0.0993. The number of ketones is 1. The van der Waals surface area contributed by atoms with Crippen LogP contribution in [0.1, 0.15) is 71.6 Å². The molecule has 3 aliphatic rings. The molecule has 2 aliphatic carbocycles. The number of hydrogen-bond acceptors (Lipinski definition) is 7. The van der Waals surface area contributed by atoms with E-state index in [4.69, 9.17) is 32.4 Å². The Labute approximate surface area is 325 Å². The average molecular weight is 765 g/mol. The molecule has 0 amide bonds.